The van der Waals surface area contributed by atoms with E-state index in [4.69, 9.17) is 0 Å². The molecule has 0 N–H and O–H groups in total. The van der Waals surface area contributed by atoms with Crippen LogP contribution in [0.5, 0.6) is 0 Å². The molecule has 1 aromatic heterocycles. The van der Waals surface area contributed by atoms with Gasteiger partial charge in [0.25, 0.3) is 0 Å². The number of aromatic nitrogens is 1. The summed E-state index contributed by atoms with van der Waals surface area (Å²) in [6, 6.07) is 96.4. The Hall–Kier alpha value is -9.04. The van der Waals surface area contributed by atoms with Gasteiger partial charge in [-0.05, 0) is 141 Å². The summed E-state index contributed by atoms with van der Waals surface area (Å²) in [5.41, 5.74) is 25.5. The predicted octanol–water partition coefficient (Wildman–Crippen LogP) is 23.7. The van der Waals surface area contributed by atoms with Gasteiger partial charge in [0, 0.05) is 21.9 Å². The maximum atomic E-state index is 3.48. The van der Waals surface area contributed by atoms with Crippen molar-refractivity contribution in [3.63, 3.8) is 0 Å². The van der Waals surface area contributed by atoms with Gasteiger partial charge in [-0.1, -0.05) is 308 Å². The minimum Gasteiger partial charge on any atom is -0.309 e. The molecule has 1 aliphatic rings. The molecule has 0 spiro atoms. The molecule has 1 nitrogen and oxygen atoms in total. The smallest absolute Gasteiger partial charge is 0.0547 e. The first-order valence-corrected chi connectivity index (χ1v) is 29.4. The average Bonchev–Trinajstić information content (AvgIpc) is 4.22. The first kappa shape index (κ1) is 59.1. The molecule has 0 unspecified atom stereocenters. The molecule has 82 heavy (non-hydrogen) atoms. The third-order valence-corrected chi connectivity index (χ3v) is 14.8. The Kier molecular flexibility index (Phi) is 20.5. The lowest BCUT2D eigenvalue weighted by Gasteiger charge is -2.21. The topological polar surface area (TPSA) is 4.93 Å². The zero-order valence-corrected chi connectivity index (χ0v) is 50.0. The normalized spacial score (nSPS) is 11.3. The lowest BCUT2D eigenvalue weighted by molar-refractivity contribution is 0.660. The second kappa shape index (κ2) is 28.4. The highest BCUT2D eigenvalue weighted by molar-refractivity contribution is 6.11. The van der Waals surface area contributed by atoms with E-state index in [2.05, 4.69) is 321 Å². The van der Waals surface area contributed by atoms with E-state index in [0.717, 1.165) is 6.42 Å². The third kappa shape index (κ3) is 13.9. The number of hydrogen-bond acceptors (Lipinski definition) is 0. The van der Waals surface area contributed by atoms with Gasteiger partial charge in [-0.15, -0.1) is 6.58 Å². The van der Waals surface area contributed by atoms with Gasteiger partial charge in [-0.25, -0.2) is 0 Å². The quantitative estimate of drug-likeness (QED) is 0.140. The molecule has 0 fully saturated rings. The molecule has 0 radical (unpaired) electrons. The summed E-state index contributed by atoms with van der Waals surface area (Å²) in [5.74, 6) is 0. The van der Waals surface area contributed by atoms with E-state index >= 15 is 0 Å². The summed E-state index contributed by atoms with van der Waals surface area (Å²) in [4.78, 5) is 0. The van der Waals surface area contributed by atoms with E-state index in [9.17, 15) is 0 Å². The van der Waals surface area contributed by atoms with Crippen LogP contribution < -0.4 is 0 Å². The second-order valence-corrected chi connectivity index (χ2v) is 21.4. The van der Waals surface area contributed by atoms with Gasteiger partial charge in [0.2, 0.25) is 0 Å². The Balaban J connectivity index is 0.000000203. The van der Waals surface area contributed by atoms with Crippen LogP contribution >= 0.6 is 0 Å². The van der Waals surface area contributed by atoms with Crippen LogP contribution in [0.2, 0.25) is 0 Å². The molecule has 0 saturated heterocycles. The van der Waals surface area contributed by atoms with Crippen molar-refractivity contribution in [3.05, 3.63) is 307 Å². The summed E-state index contributed by atoms with van der Waals surface area (Å²) in [6.07, 6.45) is 4.21. The van der Waals surface area contributed by atoms with Gasteiger partial charge in [0.15, 0.2) is 0 Å². The molecule has 12 aromatic rings. The van der Waals surface area contributed by atoms with Crippen LogP contribution in [0.4, 0.5) is 0 Å². The third-order valence-electron chi connectivity index (χ3n) is 14.8. The van der Waals surface area contributed by atoms with Crippen molar-refractivity contribution in [2.24, 2.45) is 0 Å². The predicted molar refractivity (Wildman–Crippen MR) is 360 cm³/mol. The molecule has 0 atom stereocenters. The molecule has 0 amide bonds. The van der Waals surface area contributed by atoms with E-state index in [0.29, 0.717) is 0 Å². The molecule has 1 aliphatic carbocycles. The van der Waals surface area contributed by atoms with Gasteiger partial charge in [0.1, 0.15) is 0 Å². The lowest BCUT2D eigenvalue weighted by Crippen LogP contribution is -2.14. The van der Waals surface area contributed by atoms with E-state index in [1.165, 1.54) is 128 Å². The van der Waals surface area contributed by atoms with Gasteiger partial charge in [-0.2, -0.15) is 0 Å². The Labute approximate surface area is 491 Å². The van der Waals surface area contributed by atoms with Gasteiger partial charge in [0.05, 0.1) is 11.0 Å². The Morgan fingerprint density at radius 1 is 0.341 bits per heavy atom. The van der Waals surface area contributed by atoms with Crippen LogP contribution in [0.15, 0.2) is 280 Å². The van der Waals surface area contributed by atoms with Gasteiger partial charge < -0.3 is 4.57 Å². The second-order valence-electron chi connectivity index (χ2n) is 21.4. The number of aryl methyl sites for hydroxylation is 3. The standard InChI is InChI=1S/C46H35N.2C13H12.C4H8.C3H8.C2H6/c1-30-16-18-32(19-17-30)33-12-9-13-34(26-33)35-21-25-44-41(27-35)39-23-20-36(31-10-5-4-6-11-31)28-45(39)47(44)37-22-24-43-40(29-37)38-14-7-8-15-42(38)46(43,2)3;2*1-11-6-5-9-13(10-11)12-7-3-2-4-8-12;1-3-4-2;1-3-2;1-2/h4-29H,1-3H3;2*2-10H,1H3;3H,1,4H2,2H3;3H2,1-2H3;1-2H3. The van der Waals surface area contributed by atoms with Crippen molar-refractivity contribution in [3.8, 4) is 72.4 Å². The molecule has 11 aromatic carbocycles. The van der Waals surface area contributed by atoms with Crippen LogP contribution in [0, 0.1) is 20.8 Å². The fourth-order valence-corrected chi connectivity index (χ4v) is 10.7. The zero-order chi connectivity index (χ0) is 58.0. The Morgan fingerprint density at radius 2 is 0.744 bits per heavy atom. The molecule has 0 saturated carbocycles. The SMILES string of the molecule is C=CCC.CC.CCC.Cc1ccc(-c2cccc(-c3ccc4c(c3)c3ccc(-c5ccccc5)cc3n4-c3ccc4c(c3)-c3ccccc3C4(C)C)c2)cc1.Cc1cccc(-c2ccccc2)c1.Cc1cccc(-c2ccccc2)c1. The van der Waals surface area contributed by atoms with Crippen LogP contribution in [0.1, 0.15) is 89.1 Å². The maximum absolute atomic E-state index is 3.48. The minimum absolute atomic E-state index is 0.0201. The van der Waals surface area contributed by atoms with Gasteiger partial charge in [-0.3, -0.25) is 0 Å². The Bertz CT molecular complexity index is 3890. The summed E-state index contributed by atoms with van der Waals surface area (Å²) in [7, 11) is 0. The number of nitrogens with zero attached hydrogens (tertiary/aromatic N) is 1. The van der Waals surface area contributed by atoms with Crippen molar-refractivity contribution >= 4 is 21.8 Å². The van der Waals surface area contributed by atoms with E-state index < -0.39 is 0 Å². The van der Waals surface area contributed by atoms with Gasteiger partial charge >= 0.3 is 0 Å². The highest BCUT2D eigenvalue weighted by Gasteiger charge is 2.35. The van der Waals surface area contributed by atoms with Crippen molar-refractivity contribution < 1.29 is 0 Å². The highest BCUT2D eigenvalue weighted by Crippen LogP contribution is 2.49. The molecular formula is C81H81N. The molecule has 0 aliphatic heterocycles. The van der Waals surface area contributed by atoms with Crippen molar-refractivity contribution in [1.29, 1.82) is 0 Å². The number of benzene rings is 11. The molecule has 0 bridgehead atoms. The summed E-state index contributed by atoms with van der Waals surface area (Å²) in [5, 5.41) is 2.52. The number of allylic oxidation sites excluding steroid dienone is 1. The fourth-order valence-electron chi connectivity index (χ4n) is 10.7. The monoisotopic (exact) mass is 1070 g/mol. The Morgan fingerprint density at radius 3 is 1.27 bits per heavy atom. The minimum atomic E-state index is -0.0201. The van der Waals surface area contributed by atoms with Crippen LogP contribution in [-0.2, 0) is 5.41 Å². The molecule has 1 heteroatoms. The largest absolute Gasteiger partial charge is 0.309 e. The van der Waals surface area contributed by atoms with Crippen LogP contribution in [0.25, 0.3) is 94.3 Å². The average molecular weight is 1070 g/mol. The van der Waals surface area contributed by atoms with Crippen LogP contribution in [-0.4, -0.2) is 4.57 Å². The first-order valence-electron chi connectivity index (χ1n) is 29.4. The highest BCUT2D eigenvalue weighted by atomic mass is 15.0. The van der Waals surface area contributed by atoms with Crippen molar-refractivity contribution in [2.45, 2.75) is 87.5 Å². The summed E-state index contributed by atoms with van der Waals surface area (Å²) in [6.45, 7) is 24.9. The van der Waals surface area contributed by atoms with E-state index in [1.54, 1.807) is 0 Å². The number of rotatable bonds is 7. The zero-order valence-electron chi connectivity index (χ0n) is 50.0. The van der Waals surface area contributed by atoms with Crippen LogP contribution in [0.3, 0.4) is 0 Å². The molecular weight excluding hydrogens is 987 g/mol. The van der Waals surface area contributed by atoms with E-state index in [-0.39, 0.29) is 5.41 Å². The molecule has 410 valence electrons. The van der Waals surface area contributed by atoms with E-state index in [1.807, 2.05) is 32.1 Å². The van der Waals surface area contributed by atoms with Crippen molar-refractivity contribution in [1.82, 2.24) is 4.57 Å². The lowest BCUT2D eigenvalue weighted by atomic mass is 9.82. The molecule has 1 heterocycles. The maximum Gasteiger partial charge on any atom is 0.0547 e. The van der Waals surface area contributed by atoms with Crippen molar-refractivity contribution in [2.75, 3.05) is 0 Å². The summed E-state index contributed by atoms with van der Waals surface area (Å²) >= 11 is 0. The number of fused-ring (bicyclic) bond motifs is 6. The fraction of sp³-hybridized carbons (Fsp3) is 0.160. The molecule has 13 rings (SSSR count). The summed E-state index contributed by atoms with van der Waals surface area (Å²) < 4.78 is 2.47. The number of hydrogen-bond donors (Lipinski definition) is 0. The first-order chi connectivity index (χ1) is 40.0.